The van der Waals surface area contributed by atoms with Gasteiger partial charge in [0.1, 0.15) is 30.6 Å². The number of hydrogen-bond donors (Lipinski definition) is 1. The second-order valence-corrected chi connectivity index (χ2v) is 16.1. The van der Waals surface area contributed by atoms with Gasteiger partial charge in [-0.2, -0.15) is 8.78 Å². The molecule has 1 atom stereocenters. The summed E-state index contributed by atoms with van der Waals surface area (Å²) in [6, 6.07) is 8.13. The Hall–Kier alpha value is -4.41. The zero-order chi connectivity index (χ0) is 40.6. The number of carbonyl (C=O) groups excluding carboxylic acids is 3. The molecule has 5 rings (SSSR count). The molecule has 18 heteroatoms. The topological polar surface area (TPSA) is 157 Å². The second kappa shape index (κ2) is 19.2. The van der Waals surface area contributed by atoms with Crippen molar-refractivity contribution >= 4 is 57.7 Å². The van der Waals surface area contributed by atoms with Crippen molar-refractivity contribution in [2.45, 2.75) is 77.6 Å². The Morgan fingerprint density at radius 1 is 0.893 bits per heavy atom. The van der Waals surface area contributed by atoms with Crippen molar-refractivity contribution < 1.29 is 60.0 Å². The van der Waals surface area contributed by atoms with Gasteiger partial charge in [-0.1, -0.05) is 29.3 Å². The van der Waals surface area contributed by atoms with Crippen LogP contribution in [0.2, 0.25) is 10.0 Å². The molecule has 0 aliphatic heterocycles. The molecule has 0 unspecified atom stereocenters. The lowest BCUT2D eigenvalue weighted by Crippen LogP contribution is -2.34. The Balaban J connectivity index is 1.29. The Morgan fingerprint density at radius 3 is 2.12 bits per heavy atom. The number of anilines is 1. The van der Waals surface area contributed by atoms with Gasteiger partial charge in [0.2, 0.25) is 10.9 Å². The van der Waals surface area contributed by atoms with Crippen LogP contribution in [0.5, 0.6) is 17.2 Å². The maximum absolute atomic E-state index is 13.2. The summed E-state index contributed by atoms with van der Waals surface area (Å²) in [7, 11) is -3.31. The third-order valence-corrected chi connectivity index (χ3v) is 9.83. The summed E-state index contributed by atoms with van der Waals surface area (Å²) in [5.74, 6) is -1.95. The van der Waals surface area contributed by atoms with E-state index >= 15 is 0 Å². The summed E-state index contributed by atoms with van der Waals surface area (Å²) in [5.41, 5.74) is -0.0438. The smallest absolute Gasteiger partial charge is 0.387 e. The van der Waals surface area contributed by atoms with Crippen molar-refractivity contribution in [3.63, 3.8) is 0 Å². The molecule has 1 aromatic heterocycles. The normalized spacial score (nSPS) is 14.6. The molecule has 2 aliphatic carbocycles. The summed E-state index contributed by atoms with van der Waals surface area (Å²) in [6.07, 6.45) is 5.05. The van der Waals surface area contributed by atoms with Crippen LogP contribution in [0.4, 0.5) is 14.5 Å². The minimum absolute atomic E-state index is 0.00376. The Kier molecular flexibility index (Phi) is 14.6. The maximum atomic E-state index is 13.2. The first kappa shape index (κ1) is 42.7. The van der Waals surface area contributed by atoms with Gasteiger partial charge in [0.05, 0.1) is 40.9 Å². The van der Waals surface area contributed by atoms with Crippen LogP contribution in [0.25, 0.3) is 0 Å². The van der Waals surface area contributed by atoms with E-state index < -0.39 is 60.3 Å². The highest BCUT2D eigenvalue weighted by molar-refractivity contribution is 7.74. The number of nitrogens with zero attached hydrogens (tertiary/aromatic N) is 2. The predicted molar refractivity (Wildman–Crippen MR) is 201 cm³/mol. The summed E-state index contributed by atoms with van der Waals surface area (Å²) in [5, 5.41) is 0.411. The molecule has 0 N–H and O–H groups in total. The SMILES string of the molecule is CC(C)(C)OC(=O)CN(c1ccc(C(=O)OCCC(=O)O[C@@H](Cc2c(Cl)cncc2Cl)c2ccc(OC(F)F)c(OCC3CC3)c2)cc1OCC1CC1)[SH](=O)=O. The molecule has 13 nitrogen and oxygen atoms in total. The highest BCUT2D eigenvalue weighted by Gasteiger charge is 2.28. The lowest BCUT2D eigenvalue weighted by Gasteiger charge is -2.24. The van der Waals surface area contributed by atoms with Crippen LogP contribution in [-0.2, 0) is 41.1 Å². The molecule has 0 spiro atoms. The number of pyridine rings is 1. The predicted octanol–water partition coefficient (Wildman–Crippen LogP) is 7.32. The van der Waals surface area contributed by atoms with E-state index in [0.717, 1.165) is 30.0 Å². The van der Waals surface area contributed by atoms with Crippen LogP contribution in [0.1, 0.15) is 80.5 Å². The molecule has 2 saturated carbocycles. The van der Waals surface area contributed by atoms with Crippen molar-refractivity contribution in [3.05, 3.63) is 75.5 Å². The minimum atomic E-state index is -3.31. The first-order valence-electron chi connectivity index (χ1n) is 17.8. The molecule has 2 aliphatic rings. The molecule has 0 saturated heterocycles. The van der Waals surface area contributed by atoms with Gasteiger partial charge in [-0.25, -0.2) is 13.2 Å². The van der Waals surface area contributed by atoms with Crippen molar-refractivity contribution in [2.75, 3.05) is 30.7 Å². The molecule has 2 aromatic carbocycles. The number of esters is 3. The van der Waals surface area contributed by atoms with Crippen LogP contribution in [0, 0.1) is 11.8 Å². The molecule has 0 bridgehead atoms. The van der Waals surface area contributed by atoms with E-state index in [1.807, 2.05) is 0 Å². The van der Waals surface area contributed by atoms with E-state index in [9.17, 15) is 31.6 Å². The van der Waals surface area contributed by atoms with E-state index in [0.29, 0.717) is 23.7 Å². The van der Waals surface area contributed by atoms with E-state index in [1.165, 1.54) is 48.8 Å². The van der Waals surface area contributed by atoms with E-state index in [2.05, 4.69) is 9.72 Å². The Labute approximate surface area is 334 Å². The number of aromatic nitrogens is 1. The molecular weight excluding hydrogens is 801 g/mol. The summed E-state index contributed by atoms with van der Waals surface area (Å²) in [4.78, 5) is 42.9. The van der Waals surface area contributed by atoms with Gasteiger partial charge < -0.3 is 28.4 Å². The van der Waals surface area contributed by atoms with Gasteiger partial charge in [0.15, 0.2) is 11.5 Å². The zero-order valence-corrected chi connectivity index (χ0v) is 33.2. The largest absolute Gasteiger partial charge is 0.491 e. The van der Waals surface area contributed by atoms with Crippen LogP contribution >= 0.6 is 23.2 Å². The first-order chi connectivity index (χ1) is 26.6. The summed E-state index contributed by atoms with van der Waals surface area (Å²) in [6.45, 7) is 1.39. The maximum Gasteiger partial charge on any atom is 0.387 e. The molecule has 304 valence electrons. The Morgan fingerprint density at radius 2 is 1.54 bits per heavy atom. The molecule has 0 radical (unpaired) electrons. The standard InChI is InChI=1S/C38H42Cl2F2N2O11S/c1-38(2,3)55-35(46)19-44(56(48)49)29-10-8-25(15-32(29)51-20-22-4-5-22)36(47)50-13-12-34(45)53-31(16-26-27(39)17-43-18-28(26)40)24-9-11-30(54-37(41)42)33(14-24)52-21-23-6-7-23/h8-11,14-15,17-18,22-23,31,37,56H,4-7,12-13,16,19-21H2,1-3H3/t31-/m0/s1. The lowest BCUT2D eigenvalue weighted by molar-refractivity contribution is -0.153. The Bertz CT molecular complexity index is 1940. The molecular formula is C38H42Cl2F2N2O11S. The number of halogens is 4. The minimum Gasteiger partial charge on any atom is -0.491 e. The number of benzene rings is 2. The van der Waals surface area contributed by atoms with Gasteiger partial charge in [-0.05, 0) is 99.7 Å². The summed E-state index contributed by atoms with van der Waals surface area (Å²) >= 11 is 12.8. The molecule has 1 heterocycles. The van der Waals surface area contributed by atoms with Crippen LogP contribution in [0.15, 0.2) is 48.8 Å². The van der Waals surface area contributed by atoms with E-state index in [1.54, 1.807) is 20.8 Å². The molecule has 2 fully saturated rings. The fourth-order valence-electron chi connectivity index (χ4n) is 5.29. The fraction of sp³-hybridized carbons (Fsp3) is 0.474. The molecule has 56 heavy (non-hydrogen) atoms. The highest BCUT2D eigenvalue weighted by atomic mass is 35.5. The van der Waals surface area contributed by atoms with Crippen molar-refractivity contribution in [3.8, 4) is 17.2 Å². The van der Waals surface area contributed by atoms with Crippen molar-refractivity contribution in [1.29, 1.82) is 0 Å². The van der Waals surface area contributed by atoms with Crippen LogP contribution in [0.3, 0.4) is 0 Å². The van der Waals surface area contributed by atoms with Crippen LogP contribution in [-0.4, -0.2) is 69.9 Å². The van der Waals surface area contributed by atoms with Gasteiger partial charge in [-0.3, -0.25) is 18.9 Å². The number of ether oxygens (including phenoxy) is 6. The van der Waals surface area contributed by atoms with Crippen LogP contribution < -0.4 is 18.5 Å². The number of hydrogen-bond acceptors (Lipinski definition) is 12. The van der Waals surface area contributed by atoms with E-state index in [-0.39, 0.29) is 63.9 Å². The van der Waals surface area contributed by atoms with Gasteiger partial charge in [0.25, 0.3) is 0 Å². The monoisotopic (exact) mass is 842 g/mol. The van der Waals surface area contributed by atoms with Gasteiger partial charge in [-0.15, -0.1) is 0 Å². The number of alkyl halides is 2. The lowest BCUT2D eigenvalue weighted by atomic mass is 10.0. The summed E-state index contributed by atoms with van der Waals surface area (Å²) < 4.78 is 84.6. The van der Waals surface area contributed by atoms with Crippen molar-refractivity contribution in [2.24, 2.45) is 11.8 Å². The third-order valence-electron chi connectivity index (χ3n) is 8.42. The number of carbonyl (C=O) groups is 3. The average molecular weight is 844 g/mol. The van der Waals surface area contributed by atoms with Gasteiger partial charge in [0, 0.05) is 18.8 Å². The zero-order valence-electron chi connectivity index (χ0n) is 30.8. The quantitative estimate of drug-likeness (QED) is 0.0688. The molecule has 3 aromatic rings. The fourth-order valence-corrected chi connectivity index (χ4v) is 6.38. The average Bonchev–Trinajstić information content (AvgIpc) is 4.06. The first-order valence-corrected chi connectivity index (χ1v) is 19.7. The highest BCUT2D eigenvalue weighted by Crippen LogP contribution is 2.38. The van der Waals surface area contributed by atoms with Gasteiger partial charge >= 0.3 is 24.5 Å². The number of thiol groups is 1. The van der Waals surface area contributed by atoms with E-state index in [4.69, 9.17) is 46.9 Å². The van der Waals surface area contributed by atoms with Crippen molar-refractivity contribution in [1.82, 2.24) is 4.98 Å². The second-order valence-electron chi connectivity index (χ2n) is 14.3. The number of rotatable bonds is 20. The molecule has 0 amide bonds. The third kappa shape index (κ3) is 13.1.